The van der Waals surface area contributed by atoms with Crippen LogP contribution in [0.15, 0.2) is 29.1 Å². The maximum Gasteiger partial charge on any atom is 0.251 e. The fourth-order valence-electron chi connectivity index (χ4n) is 2.88. The van der Waals surface area contributed by atoms with Crippen LogP contribution in [0.4, 0.5) is 5.13 Å². The highest BCUT2D eigenvalue weighted by atomic mass is 32.1. The van der Waals surface area contributed by atoms with E-state index in [-0.39, 0.29) is 24.4 Å². The molecule has 3 rings (SSSR count). The summed E-state index contributed by atoms with van der Waals surface area (Å²) >= 11 is 1.45. The van der Waals surface area contributed by atoms with Gasteiger partial charge in [-0.1, -0.05) is 12.1 Å². The number of thiazole rings is 1. The number of pyridine rings is 1. The molecule has 0 unspecified atom stereocenters. The lowest BCUT2D eigenvalue weighted by atomic mass is 10.1. The van der Waals surface area contributed by atoms with Crippen LogP contribution in [0.5, 0.6) is 5.75 Å². The molecule has 0 saturated heterocycles. The van der Waals surface area contributed by atoms with Gasteiger partial charge in [0.2, 0.25) is 5.91 Å². The maximum atomic E-state index is 12.5. The Balaban J connectivity index is 1.86. The quantitative estimate of drug-likeness (QED) is 0.746. The van der Waals surface area contributed by atoms with E-state index >= 15 is 0 Å². The minimum atomic E-state index is -0.172. The van der Waals surface area contributed by atoms with Gasteiger partial charge in [0, 0.05) is 29.3 Å². The van der Waals surface area contributed by atoms with Gasteiger partial charge in [0.25, 0.3) is 5.56 Å². The molecule has 26 heavy (non-hydrogen) atoms. The van der Waals surface area contributed by atoms with Gasteiger partial charge in [0.05, 0.1) is 18.3 Å². The van der Waals surface area contributed by atoms with Crippen LogP contribution in [0.3, 0.4) is 0 Å². The Morgan fingerprint density at radius 2 is 2.08 bits per heavy atom. The number of fused-ring (bicyclic) bond motifs is 1. The van der Waals surface area contributed by atoms with Crippen molar-refractivity contribution in [3.63, 3.8) is 0 Å². The highest BCUT2D eigenvalue weighted by Crippen LogP contribution is 2.26. The molecule has 0 aliphatic heterocycles. The number of aryl methyl sites for hydroxylation is 4. The Morgan fingerprint density at radius 3 is 2.73 bits per heavy atom. The topological polar surface area (TPSA) is 73.2 Å². The van der Waals surface area contributed by atoms with Gasteiger partial charge in [-0.15, -0.1) is 11.3 Å². The summed E-state index contributed by atoms with van der Waals surface area (Å²) in [6.45, 7) is 6.04. The van der Waals surface area contributed by atoms with Crippen molar-refractivity contribution in [3.05, 3.63) is 50.8 Å². The number of carbonyl (C=O) groups excluding carboxylic acids is 1. The van der Waals surface area contributed by atoms with E-state index in [0.717, 1.165) is 21.5 Å². The smallest absolute Gasteiger partial charge is 0.251 e. The normalized spacial score (nSPS) is 10.9. The van der Waals surface area contributed by atoms with Crippen molar-refractivity contribution in [2.45, 2.75) is 33.7 Å². The van der Waals surface area contributed by atoms with Crippen molar-refractivity contribution < 1.29 is 9.53 Å². The zero-order valence-corrected chi connectivity index (χ0v) is 16.1. The van der Waals surface area contributed by atoms with E-state index in [2.05, 4.69) is 10.3 Å². The first kappa shape index (κ1) is 18.1. The van der Waals surface area contributed by atoms with Gasteiger partial charge in [0.1, 0.15) is 5.75 Å². The van der Waals surface area contributed by atoms with Crippen molar-refractivity contribution in [1.29, 1.82) is 0 Å². The third-order valence-corrected chi connectivity index (χ3v) is 5.35. The van der Waals surface area contributed by atoms with Crippen LogP contribution in [0.1, 0.15) is 22.6 Å². The fraction of sp³-hybridized carbons (Fsp3) is 0.316. The molecule has 0 saturated carbocycles. The average Bonchev–Trinajstić information content (AvgIpc) is 2.91. The second-order valence-electron chi connectivity index (χ2n) is 6.13. The lowest BCUT2D eigenvalue weighted by Gasteiger charge is -2.14. The third kappa shape index (κ3) is 3.48. The lowest BCUT2D eigenvalue weighted by Crippen LogP contribution is -2.24. The van der Waals surface area contributed by atoms with Gasteiger partial charge in [0.15, 0.2) is 5.13 Å². The zero-order chi connectivity index (χ0) is 18.8. The van der Waals surface area contributed by atoms with Crippen LogP contribution >= 0.6 is 11.3 Å². The molecule has 0 radical (unpaired) electrons. The van der Waals surface area contributed by atoms with E-state index < -0.39 is 0 Å². The molecule has 0 aliphatic rings. The predicted molar refractivity (Wildman–Crippen MR) is 104 cm³/mol. The summed E-state index contributed by atoms with van der Waals surface area (Å²) in [6.07, 6.45) is 0.174. The molecule has 0 bridgehead atoms. The molecule has 1 N–H and O–H groups in total. The Bertz CT molecular complexity index is 1020. The van der Waals surface area contributed by atoms with Crippen molar-refractivity contribution in [3.8, 4) is 5.75 Å². The highest BCUT2D eigenvalue weighted by molar-refractivity contribution is 7.15. The highest BCUT2D eigenvalue weighted by Gasteiger charge is 2.13. The molecule has 2 heterocycles. The van der Waals surface area contributed by atoms with Crippen LogP contribution in [0, 0.1) is 20.8 Å². The SMILES string of the molecule is COc1cccc2c(C)cc(=O)n(CCC(=O)Nc3nc(C)c(C)s3)c12. The van der Waals surface area contributed by atoms with Crippen LogP contribution in [-0.2, 0) is 11.3 Å². The van der Waals surface area contributed by atoms with E-state index in [4.69, 9.17) is 4.74 Å². The number of rotatable bonds is 5. The molecule has 2 aromatic heterocycles. The van der Waals surface area contributed by atoms with Crippen LogP contribution < -0.4 is 15.6 Å². The van der Waals surface area contributed by atoms with Crippen molar-refractivity contribution in [1.82, 2.24) is 9.55 Å². The summed E-state index contributed by atoms with van der Waals surface area (Å²) in [5, 5.41) is 4.33. The molecule has 3 aromatic rings. The summed E-state index contributed by atoms with van der Waals surface area (Å²) in [5.41, 5.74) is 2.37. The van der Waals surface area contributed by atoms with Gasteiger partial charge >= 0.3 is 0 Å². The van der Waals surface area contributed by atoms with E-state index in [1.165, 1.54) is 11.3 Å². The van der Waals surface area contributed by atoms with Gasteiger partial charge in [-0.3, -0.25) is 9.59 Å². The van der Waals surface area contributed by atoms with E-state index in [1.54, 1.807) is 17.7 Å². The molecule has 0 atom stereocenters. The molecule has 0 fully saturated rings. The molecule has 0 aliphatic carbocycles. The summed E-state index contributed by atoms with van der Waals surface area (Å²) in [7, 11) is 1.58. The molecule has 1 amide bonds. The minimum absolute atomic E-state index is 0.145. The number of aromatic nitrogens is 2. The molecule has 7 heteroatoms. The summed E-state index contributed by atoms with van der Waals surface area (Å²) in [5.74, 6) is 0.448. The monoisotopic (exact) mass is 371 g/mol. The number of nitrogens with zero attached hydrogens (tertiary/aromatic N) is 2. The van der Waals surface area contributed by atoms with Crippen molar-refractivity contribution in [2.24, 2.45) is 0 Å². The Morgan fingerprint density at radius 1 is 1.31 bits per heavy atom. The van der Waals surface area contributed by atoms with Crippen molar-refractivity contribution >= 4 is 33.3 Å². The second kappa shape index (κ2) is 7.29. The van der Waals surface area contributed by atoms with E-state index in [0.29, 0.717) is 16.4 Å². The number of para-hydroxylation sites is 1. The van der Waals surface area contributed by atoms with Crippen LogP contribution in [0.25, 0.3) is 10.9 Å². The molecule has 1 aromatic carbocycles. The average molecular weight is 371 g/mol. The Labute approximate surface area is 155 Å². The second-order valence-corrected chi connectivity index (χ2v) is 7.34. The number of methoxy groups -OCH3 is 1. The molecule has 0 spiro atoms. The van der Waals surface area contributed by atoms with Crippen LogP contribution in [0.2, 0.25) is 0 Å². The van der Waals surface area contributed by atoms with Gasteiger partial charge in [-0.2, -0.15) is 0 Å². The van der Waals surface area contributed by atoms with E-state index in [1.807, 2.05) is 39.0 Å². The number of ether oxygens (including phenoxy) is 1. The number of carbonyl (C=O) groups is 1. The summed E-state index contributed by atoms with van der Waals surface area (Å²) in [4.78, 5) is 30.2. The first-order valence-corrected chi connectivity index (χ1v) is 9.13. The van der Waals surface area contributed by atoms with Gasteiger partial charge in [-0.05, 0) is 32.4 Å². The number of nitrogens with one attached hydrogen (secondary N) is 1. The predicted octanol–water partition coefficient (Wildman–Crippen LogP) is 3.42. The third-order valence-electron chi connectivity index (χ3n) is 4.36. The number of benzene rings is 1. The Kier molecular flexibility index (Phi) is 5.08. The van der Waals surface area contributed by atoms with Crippen LogP contribution in [-0.4, -0.2) is 22.6 Å². The van der Waals surface area contributed by atoms with Crippen molar-refractivity contribution in [2.75, 3.05) is 12.4 Å². The molecular weight excluding hydrogens is 350 g/mol. The largest absolute Gasteiger partial charge is 0.495 e. The van der Waals surface area contributed by atoms with E-state index in [9.17, 15) is 9.59 Å². The number of hydrogen-bond acceptors (Lipinski definition) is 5. The molecule has 136 valence electrons. The summed E-state index contributed by atoms with van der Waals surface area (Å²) < 4.78 is 7.02. The Hall–Kier alpha value is -2.67. The number of anilines is 1. The minimum Gasteiger partial charge on any atom is -0.495 e. The maximum absolute atomic E-state index is 12.5. The molecular formula is C19H21N3O3S. The lowest BCUT2D eigenvalue weighted by molar-refractivity contribution is -0.116. The van der Waals surface area contributed by atoms with Gasteiger partial charge < -0.3 is 14.6 Å². The summed E-state index contributed by atoms with van der Waals surface area (Å²) in [6, 6.07) is 7.25. The first-order chi connectivity index (χ1) is 12.4. The first-order valence-electron chi connectivity index (χ1n) is 8.31. The number of hydrogen-bond donors (Lipinski definition) is 1. The zero-order valence-electron chi connectivity index (χ0n) is 15.3. The standard InChI is InChI=1S/C19H21N3O3S/c1-11-10-17(24)22(18-14(11)6-5-7-15(18)25-4)9-8-16(23)21-19-20-12(2)13(3)26-19/h5-7,10H,8-9H2,1-4H3,(H,20,21,23). The number of amides is 1. The molecule has 6 nitrogen and oxygen atoms in total. The van der Waals surface area contributed by atoms with Gasteiger partial charge in [-0.25, -0.2) is 4.98 Å². The fourth-order valence-corrected chi connectivity index (χ4v) is 3.71.